The van der Waals surface area contributed by atoms with Crippen LogP contribution in [0.15, 0.2) is 54.6 Å². The monoisotopic (exact) mass is 329 g/mol. The molecule has 1 atom stereocenters. The lowest BCUT2D eigenvalue weighted by atomic mass is 9.95. The molecule has 2 aromatic carbocycles. The molecular weight excluding hydrogens is 306 g/mol. The fourth-order valence-corrected chi connectivity index (χ4v) is 3.27. The number of rotatable bonds is 5. The maximum atomic E-state index is 12.3. The molecule has 0 saturated heterocycles. The summed E-state index contributed by atoms with van der Waals surface area (Å²) in [6.07, 6.45) is 0. The van der Waals surface area contributed by atoms with Crippen molar-refractivity contribution in [2.45, 2.75) is 32.3 Å². The van der Waals surface area contributed by atoms with E-state index in [0.29, 0.717) is 11.5 Å². The number of hydrogen-bond acceptors (Lipinski definition) is 2. The zero-order chi connectivity index (χ0) is 16.9. The Balaban J connectivity index is 2.00. The van der Waals surface area contributed by atoms with Gasteiger partial charge in [-0.25, -0.2) is 0 Å². The molecule has 0 fully saturated rings. The number of amides is 1. The lowest BCUT2D eigenvalue weighted by molar-refractivity contribution is -0.123. The molecule has 0 aliphatic carbocycles. The van der Waals surface area contributed by atoms with E-state index >= 15 is 0 Å². The van der Waals surface area contributed by atoms with E-state index in [1.807, 2.05) is 75.4 Å². The molecule has 0 unspecified atom stereocenters. The number of carbonyl (C=O) groups excluding carboxylic acids is 1. The van der Waals surface area contributed by atoms with Gasteiger partial charge in [0, 0.05) is 33.4 Å². The Hall–Kier alpha value is -1.94. The number of carbonyl (C=O) groups is 1. The van der Waals surface area contributed by atoms with Gasteiger partial charge in [0.05, 0.1) is 0 Å². The molecule has 122 valence electrons. The fraction of sp³-hybridized carbons (Fsp3) is 0.316. The van der Waals surface area contributed by atoms with Crippen LogP contribution in [0, 0.1) is 5.41 Å². The Morgan fingerprint density at radius 3 is 2.22 bits per heavy atom. The molecule has 2 rings (SSSR count). The van der Waals surface area contributed by atoms with Crippen LogP contribution >= 0.6 is 0 Å². The fourth-order valence-electron chi connectivity index (χ4n) is 2.05. The highest BCUT2D eigenvalue weighted by Gasteiger charge is 2.21. The standard InChI is InChI=1S/C19H23NO2S/c1-19(2,3)18(21)20-17-11-7-10-16(12-17)14-23(22)13-15-8-5-4-6-9-15/h4-12H,13-14H2,1-3H3,(H,20,21)/t23-/m0/s1. The summed E-state index contributed by atoms with van der Waals surface area (Å²) in [5.41, 5.74) is 2.35. The first-order chi connectivity index (χ1) is 10.8. The topological polar surface area (TPSA) is 46.2 Å². The van der Waals surface area contributed by atoms with Gasteiger partial charge in [0.2, 0.25) is 5.91 Å². The van der Waals surface area contributed by atoms with Crippen LogP contribution in [0.2, 0.25) is 0 Å². The normalized spacial score (nSPS) is 12.7. The SMILES string of the molecule is CC(C)(C)C(=O)Nc1cccc(C[S@@](=O)Cc2ccccc2)c1. The van der Waals surface area contributed by atoms with E-state index < -0.39 is 16.2 Å². The first-order valence-corrected chi connectivity index (χ1v) is 9.13. The predicted octanol–water partition coefficient (Wildman–Crippen LogP) is 4.12. The third-order valence-electron chi connectivity index (χ3n) is 3.36. The van der Waals surface area contributed by atoms with Gasteiger partial charge < -0.3 is 5.32 Å². The summed E-state index contributed by atoms with van der Waals surface area (Å²) in [7, 11) is -0.973. The highest BCUT2D eigenvalue weighted by Crippen LogP contribution is 2.19. The quantitative estimate of drug-likeness (QED) is 0.897. The van der Waals surface area contributed by atoms with Gasteiger partial charge in [0.25, 0.3) is 0 Å². The molecule has 0 aliphatic rings. The molecule has 1 amide bonds. The number of benzene rings is 2. The molecule has 0 heterocycles. The van der Waals surface area contributed by atoms with Crippen molar-refractivity contribution in [3.63, 3.8) is 0 Å². The van der Waals surface area contributed by atoms with E-state index in [0.717, 1.165) is 16.8 Å². The van der Waals surface area contributed by atoms with Crippen LogP contribution in [0.25, 0.3) is 0 Å². The largest absolute Gasteiger partial charge is 0.326 e. The van der Waals surface area contributed by atoms with Crippen molar-refractivity contribution in [2.75, 3.05) is 5.32 Å². The van der Waals surface area contributed by atoms with Gasteiger partial charge >= 0.3 is 0 Å². The summed E-state index contributed by atoms with van der Waals surface area (Å²) in [6.45, 7) is 5.63. The molecule has 0 aliphatic heterocycles. The number of hydrogen-bond donors (Lipinski definition) is 1. The van der Waals surface area contributed by atoms with Crippen molar-refractivity contribution < 1.29 is 9.00 Å². The van der Waals surface area contributed by atoms with Crippen molar-refractivity contribution in [3.05, 3.63) is 65.7 Å². The van der Waals surface area contributed by atoms with Crippen LogP contribution in [0.3, 0.4) is 0 Å². The van der Waals surface area contributed by atoms with Crippen LogP contribution < -0.4 is 5.32 Å². The van der Waals surface area contributed by atoms with Crippen LogP contribution in [-0.2, 0) is 27.1 Å². The Bertz CT molecular complexity index is 690. The lowest BCUT2D eigenvalue weighted by Crippen LogP contribution is -2.27. The second-order valence-corrected chi connectivity index (χ2v) is 8.08. The Labute approximate surface area is 140 Å². The van der Waals surface area contributed by atoms with E-state index in [-0.39, 0.29) is 5.91 Å². The predicted molar refractivity (Wildman–Crippen MR) is 96.5 cm³/mol. The molecule has 0 spiro atoms. The molecular formula is C19H23NO2S. The first-order valence-electron chi connectivity index (χ1n) is 7.64. The van der Waals surface area contributed by atoms with Gasteiger partial charge in [-0.1, -0.05) is 63.2 Å². The molecule has 0 saturated carbocycles. The summed E-state index contributed by atoms with van der Waals surface area (Å²) in [4.78, 5) is 12.0. The number of nitrogens with one attached hydrogen (secondary N) is 1. The van der Waals surface area contributed by atoms with Crippen molar-refractivity contribution in [2.24, 2.45) is 5.41 Å². The Kier molecular flexibility index (Phi) is 5.72. The van der Waals surface area contributed by atoms with E-state index in [9.17, 15) is 9.00 Å². The minimum atomic E-state index is -0.973. The molecule has 3 nitrogen and oxygen atoms in total. The minimum absolute atomic E-state index is 0.0277. The molecule has 4 heteroatoms. The van der Waals surface area contributed by atoms with Crippen LogP contribution in [0.4, 0.5) is 5.69 Å². The lowest BCUT2D eigenvalue weighted by Gasteiger charge is -2.18. The molecule has 0 aromatic heterocycles. The third kappa shape index (κ3) is 5.64. The van der Waals surface area contributed by atoms with Gasteiger partial charge in [-0.05, 0) is 23.3 Å². The van der Waals surface area contributed by atoms with E-state index in [2.05, 4.69) is 5.32 Å². The van der Waals surface area contributed by atoms with Gasteiger partial charge in [-0.2, -0.15) is 0 Å². The highest BCUT2D eigenvalue weighted by molar-refractivity contribution is 7.83. The third-order valence-corrected chi connectivity index (χ3v) is 4.67. The molecule has 0 bridgehead atoms. The van der Waals surface area contributed by atoms with Crippen molar-refractivity contribution >= 4 is 22.4 Å². The van der Waals surface area contributed by atoms with Gasteiger partial charge in [-0.3, -0.25) is 9.00 Å². The second kappa shape index (κ2) is 7.55. The second-order valence-electron chi connectivity index (χ2n) is 6.62. The summed E-state index contributed by atoms with van der Waals surface area (Å²) >= 11 is 0. The Morgan fingerprint density at radius 2 is 1.57 bits per heavy atom. The summed E-state index contributed by atoms with van der Waals surface area (Å²) in [6, 6.07) is 17.4. The molecule has 2 aromatic rings. The zero-order valence-corrected chi connectivity index (χ0v) is 14.7. The van der Waals surface area contributed by atoms with Crippen molar-refractivity contribution in [1.82, 2.24) is 0 Å². The van der Waals surface area contributed by atoms with Gasteiger partial charge in [0.15, 0.2) is 0 Å². The minimum Gasteiger partial charge on any atom is -0.326 e. The van der Waals surface area contributed by atoms with E-state index in [4.69, 9.17) is 0 Å². The molecule has 0 radical (unpaired) electrons. The average Bonchev–Trinajstić information content (AvgIpc) is 2.47. The zero-order valence-electron chi connectivity index (χ0n) is 13.8. The average molecular weight is 329 g/mol. The summed E-state index contributed by atoms with van der Waals surface area (Å²) in [5, 5.41) is 2.91. The highest BCUT2D eigenvalue weighted by atomic mass is 32.2. The van der Waals surface area contributed by atoms with Crippen LogP contribution in [0.1, 0.15) is 31.9 Å². The van der Waals surface area contributed by atoms with E-state index in [1.165, 1.54) is 0 Å². The first kappa shape index (κ1) is 17.4. The van der Waals surface area contributed by atoms with Gasteiger partial charge in [-0.15, -0.1) is 0 Å². The maximum Gasteiger partial charge on any atom is 0.229 e. The molecule has 23 heavy (non-hydrogen) atoms. The number of anilines is 1. The van der Waals surface area contributed by atoms with Crippen molar-refractivity contribution in [3.8, 4) is 0 Å². The Morgan fingerprint density at radius 1 is 0.957 bits per heavy atom. The summed E-state index contributed by atoms with van der Waals surface area (Å²) in [5.74, 6) is 0.994. The van der Waals surface area contributed by atoms with Gasteiger partial charge in [0.1, 0.15) is 0 Å². The van der Waals surface area contributed by atoms with Crippen molar-refractivity contribution in [1.29, 1.82) is 0 Å². The van der Waals surface area contributed by atoms with Crippen LogP contribution in [-0.4, -0.2) is 10.1 Å². The smallest absolute Gasteiger partial charge is 0.229 e. The van der Waals surface area contributed by atoms with Crippen LogP contribution in [0.5, 0.6) is 0 Å². The molecule has 1 N–H and O–H groups in total. The maximum absolute atomic E-state index is 12.3. The summed E-state index contributed by atoms with van der Waals surface area (Å²) < 4.78 is 12.3. The van der Waals surface area contributed by atoms with E-state index in [1.54, 1.807) is 0 Å².